The van der Waals surface area contributed by atoms with E-state index in [4.69, 9.17) is 4.74 Å². The molecule has 20 heavy (non-hydrogen) atoms. The molecule has 0 saturated heterocycles. The third-order valence-corrected chi connectivity index (χ3v) is 3.54. The fraction of sp³-hybridized carbons (Fsp3) is 0.867. The van der Waals surface area contributed by atoms with E-state index in [-0.39, 0.29) is 11.9 Å². The highest BCUT2D eigenvalue weighted by Crippen LogP contribution is 2.17. The number of carbonyl (C=O) groups is 2. The first-order chi connectivity index (χ1) is 9.72. The summed E-state index contributed by atoms with van der Waals surface area (Å²) in [5.74, 6) is -0.0147. The summed E-state index contributed by atoms with van der Waals surface area (Å²) in [4.78, 5) is 22.8. The molecule has 5 heteroatoms. The number of esters is 1. The van der Waals surface area contributed by atoms with E-state index in [1.807, 2.05) is 0 Å². The summed E-state index contributed by atoms with van der Waals surface area (Å²) in [7, 11) is 0. The Hall–Kier alpha value is -1.10. The van der Waals surface area contributed by atoms with Crippen LogP contribution in [0.1, 0.15) is 58.3 Å². The molecule has 0 radical (unpaired) electrons. The molecule has 1 fully saturated rings. The van der Waals surface area contributed by atoms with Crippen LogP contribution < -0.4 is 10.6 Å². The largest absolute Gasteiger partial charge is 0.466 e. The van der Waals surface area contributed by atoms with Crippen molar-refractivity contribution in [1.82, 2.24) is 10.6 Å². The third kappa shape index (κ3) is 8.15. The zero-order valence-corrected chi connectivity index (χ0v) is 12.6. The van der Waals surface area contributed by atoms with Gasteiger partial charge < -0.3 is 15.4 Å². The second kappa shape index (κ2) is 10.7. The van der Waals surface area contributed by atoms with Gasteiger partial charge in [0.25, 0.3) is 0 Å². The third-order valence-electron chi connectivity index (χ3n) is 3.54. The van der Waals surface area contributed by atoms with E-state index in [2.05, 4.69) is 10.6 Å². The van der Waals surface area contributed by atoms with Crippen LogP contribution in [0.15, 0.2) is 0 Å². The van der Waals surface area contributed by atoms with Gasteiger partial charge in [-0.15, -0.1) is 0 Å². The number of hydrogen-bond donors (Lipinski definition) is 2. The highest BCUT2D eigenvalue weighted by molar-refractivity contribution is 5.76. The van der Waals surface area contributed by atoms with Gasteiger partial charge in [-0.2, -0.15) is 0 Å². The molecule has 1 aliphatic rings. The number of ether oxygens (including phenoxy) is 1. The standard InChI is InChI=1S/C15H28N2O3/c1-2-20-15(19)9-6-11-16-12-10-14(18)17-13-7-4-3-5-8-13/h13,16H,2-12H2,1H3,(H,17,18). The van der Waals surface area contributed by atoms with Crippen molar-refractivity contribution < 1.29 is 14.3 Å². The van der Waals surface area contributed by atoms with Gasteiger partial charge in [-0.25, -0.2) is 0 Å². The van der Waals surface area contributed by atoms with Gasteiger partial charge in [0.05, 0.1) is 6.61 Å². The Labute approximate surface area is 121 Å². The average Bonchev–Trinajstić information content (AvgIpc) is 2.44. The lowest BCUT2D eigenvalue weighted by atomic mass is 9.95. The molecule has 1 rings (SSSR count). The Morgan fingerprint density at radius 2 is 1.85 bits per heavy atom. The van der Waals surface area contributed by atoms with E-state index < -0.39 is 0 Å². The Morgan fingerprint density at radius 3 is 2.55 bits per heavy atom. The maximum absolute atomic E-state index is 11.7. The summed E-state index contributed by atoms with van der Waals surface area (Å²) in [5.41, 5.74) is 0. The molecule has 0 aromatic heterocycles. The Kier molecular flexibility index (Phi) is 9.04. The number of carbonyl (C=O) groups excluding carboxylic acids is 2. The molecule has 1 saturated carbocycles. The van der Waals surface area contributed by atoms with E-state index in [0.717, 1.165) is 25.8 Å². The molecule has 0 aliphatic heterocycles. The molecular weight excluding hydrogens is 256 g/mol. The Bertz CT molecular complexity index is 289. The molecule has 0 aromatic rings. The molecule has 0 atom stereocenters. The fourth-order valence-corrected chi connectivity index (χ4v) is 2.46. The first-order valence-corrected chi connectivity index (χ1v) is 7.88. The lowest BCUT2D eigenvalue weighted by Gasteiger charge is -2.22. The lowest BCUT2D eigenvalue weighted by Crippen LogP contribution is -2.37. The van der Waals surface area contributed by atoms with Crippen LogP contribution >= 0.6 is 0 Å². The Morgan fingerprint density at radius 1 is 1.10 bits per heavy atom. The van der Waals surface area contributed by atoms with Crippen LogP contribution in [0.4, 0.5) is 0 Å². The van der Waals surface area contributed by atoms with Crippen LogP contribution in [-0.2, 0) is 14.3 Å². The second-order valence-electron chi connectivity index (χ2n) is 5.31. The molecule has 0 unspecified atom stereocenters. The van der Waals surface area contributed by atoms with Gasteiger partial charge >= 0.3 is 5.97 Å². The number of amides is 1. The van der Waals surface area contributed by atoms with Crippen LogP contribution in [-0.4, -0.2) is 37.6 Å². The van der Waals surface area contributed by atoms with Crippen molar-refractivity contribution in [2.45, 2.75) is 64.3 Å². The molecule has 0 bridgehead atoms. The van der Waals surface area contributed by atoms with Crippen molar-refractivity contribution in [2.75, 3.05) is 19.7 Å². The molecule has 2 N–H and O–H groups in total. The molecule has 5 nitrogen and oxygen atoms in total. The highest BCUT2D eigenvalue weighted by atomic mass is 16.5. The smallest absolute Gasteiger partial charge is 0.305 e. The minimum atomic E-state index is -0.149. The maximum Gasteiger partial charge on any atom is 0.305 e. The van der Waals surface area contributed by atoms with E-state index in [0.29, 0.717) is 32.0 Å². The van der Waals surface area contributed by atoms with Crippen molar-refractivity contribution in [2.24, 2.45) is 0 Å². The molecule has 0 heterocycles. The van der Waals surface area contributed by atoms with Gasteiger partial charge in [0.15, 0.2) is 0 Å². The molecule has 0 spiro atoms. The monoisotopic (exact) mass is 284 g/mol. The van der Waals surface area contributed by atoms with Crippen LogP contribution in [0, 0.1) is 0 Å². The van der Waals surface area contributed by atoms with Gasteiger partial charge in [-0.3, -0.25) is 9.59 Å². The molecule has 116 valence electrons. The van der Waals surface area contributed by atoms with Gasteiger partial charge in [-0.05, 0) is 32.7 Å². The van der Waals surface area contributed by atoms with E-state index in [1.54, 1.807) is 6.92 Å². The second-order valence-corrected chi connectivity index (χ2v) is 5.31. The normalized spacial score (nSPS) is 15.8. The van der Waals surface area contributed by atoms with Crippen molar-refractivity contribution in [3.63, 3.8) is 0 Å². The van der Waals surface area contributed by atoms with E-state index in [1.165, 1.54) is 19.3 Å². The lowest BCUT2D eigenvalue weighted by molar-refractivity contribution is -0.143. The van der Waals surface area contributed by atoms with Crippen LogP contribution in [0.3, 0.4) is 0 Å². The minimum Gasteiger partial charge on any atom is -0.466 e. The maximum atomic E-state index is 11.7. The number of nitrogens with one attached hydrogen (secondary N) is 2. The zero-order valence-electron chi connectivity index (χ0n) is 12.6. The molecule has 1 amide bonds. The van der Waals surface area contributed by atoms with Crippen LogP contribution in [0.2, 0.25) is 0 Å². The number of rotatable bonds is 9. The van der Waals surface area contributed by atoms with Crippen molar-refractivity contribution >= 4 is 11.9 Å². The van der Waals surface area contributed by atoms with E-state index in [9.17, 15) is 9.59 Å². The number of hydrogen-bond acceptors (Lipinski definition) is 4. The summed E-state index contributed by atoms with van der Waals surface area (Å²) >= 11 is 0. The summed E-state index contributed by atoms with van der Waals surface area (Å²) in [6.45, 7) is 3.66. The van der Waals surface area contributed by atoms with Gasteiger partial charge in [-0.1, -0.05) is 19.3 Å². The summed E-state index contributed by atoms with van der Waals surface area (Å²) < 4.78 is 4.84. The Balaban J connectivity index is 1.92. The van der Waals surface area contributed by atoms with Gasteiger partial charge in [0.1, 0.15) is 0 Å². The predicted molar refractivity (Wildman–Crippen MR) is 78.4 cm³/mol. The highest BCUT2D eigenvalue weighted by Gasteiger charge is 2.14. The molecule has 1 aliphatic carbocycles. The van der Waals surface area contributed by atoms with Crippen molar-refractivity contribution in [3.05, 3.63) is 0 Å². The van der Waals surface area contributed by atoms with Crippen molar-refractivity contribution in [1.29, 1.82) is 0 Å². The van der Waals surface area contributed by atoms with Gasteiger partial charge in [0, 0.05) is 25.4 Å². The minimum absolute atomic E-state index is 0.134. The fourth-order valence-electron chi connectivity index (χ4n) is 2.46. The average molecular weight is 284 g/mol. The van der Waals surface area contributed by atoms with Crippen LogP contribution in [0.25, 0.3) is 0 Å². The van der Waals surface area contributed by atoms with Crippen molar-refractivity contribution in [3.8, 4) is 0 Å². The van der Waals surface area contributed by atoms with E-state index >= 15 is 0 Å². The summed E-state index contributed by atoms with van der Waals surface area (Å²) in [5, 5.41) is 6.27. The van der Waals surface area contributed by atoms with Gasteiger partial charge in [0.2, 0.25) is 5.91 Å². The molecule has 0 aromatic carbocycles. The first kappa shape index (κ1) is 17.0. The first-order valence-electron chi connectivity index (χ1n) is 7.88. The predicted octanol–water partition coefficient (Wildman–Crippen LogP) is 1.76. The molecular formula is C15H28N2O3. The quantitative estimate of drug-likeness (QED) is 0.500. The summed E-state index contributed by atoms with van der Waals surface area (Å²) in [6, 6.07) is 0.389. The summed E-state index contributed by atoms with van der Waals surface area (Å²) in [6.07, 6.45) is 7.72. The van der Waals surface area contributed by atoms with Crippen LogP contribution in [0.5, 0.6) is 0 Å². The topological polar surface area (TPSA) is 67.4 Å². The SMILES string of the molecule is CCOC(=O)CCCNCCC(=O)NC1CCCCC1. The zero-order chi connectivity index (χ0) is 14.6.